The van der Waals surface area contributed by atoms with E-state index in [-0.39, 0.29) is 5.41 Å². The Kier molecular flexibility index (Phi) is 3.85. The maximum Gasteiger partial charge on any atom is 0.232 e. The van der Waals surface area contributed by atoms with Crippen molar-refractivity contribution in [2.45, 2.75) is 46.1 Å². The van der Waals surface area contributed by atoms with Gasteiger partial charge in [0.2, 0.25) is 5.89 Å². The zero-order valence-corrected chi connectivity index (χ0v) is 10.3. The van der Waals surface area contributed by atoms with Crippen molar-refractivity contribution in [2.75, 3.05) is 7.05 Å². The van der Waals surface area contributed by atoms with Crippen LogP contribution in [0.1, 0.15) is 45.8 Å². The third-order valence-corrected chi connectivity index (χ3v) is 2.30. The fourth-order valence-corrected chi connectivity index (χ4v) is 1.87. The Hall–Kier alpha value is -0.900. The molecule has 15 heavy (non-hydrogen) atoms. The third kappa shape index (κ3) is 3.30. The van der Waals surface area contributed by atoms with Gasteiger partial charge < -0.3 is 9.84 Å². The van der Waals surface area contributed by atoms with Crippen LogP contribution in [0.25, 0.3) is 0 Å². The molecule has 0 unspecified atom stereocenters. The molecule has 1 heterocycles. The lowest BCUT2D eigenvalue weighted by Gasteiger charge is -2.21. The molecule has 0 amide bonds. The number of hydrogen-bond donors (Lipinski definition) is 1. The number of hydrogen-bond acceptors (Lipinski definition) is 4. The van der Waals surface area contributed by atoms with Crippen LogP contribution in [-0.2, 0) is 12.0 Å². The minimum atomic E-state index is -0.0346. The first-order valence-electron chi connectivity index (χ1n) is 5.43. The summed E-state index contributed by atoms with van der Waals surface area (Å²) >= 11 is 0. The number of aromatic nitrogens is 2. The lowest BCUT2D eigenvalue weighted by atomic mass is 9.84. The summed E-state index contributed by atoms with van der Waals surface area (Å²) in [4.78, 5) is 4.38. The minimum absolute atomic E-state index is 0.0346. The smallest absolute Gasteiger partial charge is 0.232 e. The summed E-state index contributed by atoms with van der Waals surface area (Å²) in [6.07, 6.45) is 1.05. The molecule has 0 aliphatic carbocycles. The van der Waals surface area contributed by atoms with Gasteiger partial charge in [-0.2, -0.15) is 4.98 Å². The number of nitrogens with zero attached hydrogens (tertiary/aromatic N) is 2. The van der Waals surface area contributed by atoms with Crippen LogP contribution < -0.4 is 5.32 Å². The molecule has 1 aromatic heterocycles. The van der Waals surface area contributed by atoms with Crippen LogP contribution in [-0.4, -0.2) is 17.2 Å². The Bertz CT molecular complexity index is 305. The molecule has 86 valence electrons. The molecule has 1 N–H and O–H groups in total. The van der Waals surface area contributed by atoms with Crippen molar-refractivity contribution >= 4 is 0 Å². The van der Waals surface area contributed by atoms with Gasteiger partial charge in [-0.05, 0) is 19.4 Å². The largest absolute Gasteiger partial charge is 0.339 e. The molecule has 4 heteroatoms. The second-order valence-corrected chi connectivity index (χ2v) is 5.03. The molecule has 0 spiro atoms. The van der Waals surface area contributed by atoms with Crippen molar-refractivity contribution in [3.8, 4) is 0 Å². The van der Waals surface area contributed by atoms with E-state index in [9.17, 15) is 0 Å². The van der Waals surface area contributed by atoms with Crippen LogP contribution in [0, 0.1) is 5.92 Å². The van der Waals surface area contributed by atoms with E-state index in [2.05, 4.69) is 43.2 Å². The van der Waals surface area contributed by atoms with Gasteiger partial charge in [0.05, 0.1) is 6.54 Å². The van der Waals surface area contributed by atoms with E-state index in [0.717, 1.165) is 18.1 Å². The molecular formula is C11H21N3O. The molecule has 0 atom stereocenters. The lowest BCUT2D eigenvalue weighted by molar-refractivity contribution is 0.274. The molecule has 0 aromatic carbocycles. The molecule has 1 aromatic rings. The molecule has 0 radical (unpaired) electrons. The second-order valence-electron chi connectivity index (χ2n) is 5.03. The Balaban J connectivity index is 2.75. The second kappa shape index (κ2) is 4.75. The summed E-state index contributed by atoms with van der Waals surface area (Å²) < 4.78 is 5.28. The van der Waals surface area contributed by atoms with E-state index in [1.165, 1.54) is 0 Å². The van der Waals surface area contributed by atoms with Crippen molar-refractivity contribution in [1.82, 2.24) is 15.5 Å². The van der Waals surface area contributed by atoms with E-state index in [1.54, 1.807) is 0 Å². The summed E-state index contributed by atoms with van der Waals surface area (Å²) in [5, 5.41) is 6.94. The van der Waals surface area contributed by atoms with E-state index in [0.29, 0.717) is 12.5 Å². The fraction of sp³-hybridized carbons (Fsp3) is 0.818. The highest BCUT2D eigenvalue weighted by Gasteiger charge is 2.28. The Morgan fingerprint density at radius 1 is 1.40 bits per heavy atom. The fourth-order valence-electron chi connectivity index (χ4n) is 1.87. The van der Waals surface area contributed by atoms with Gasteiger partial charge in [0.15, 0.2) is 5.82 Å². The maximum absolute atomic E-state index is 5.28. The quantitative estimate of drug-likeness (QED) is 0.810. The molecule has 0 bridgehead atoms. The van der Waals surface area contributed by atoms with E-state index in [1.807, 2.05) is 7.05 Å². The first-order chi connectivity index (χ1) is 6.95. The zero-order valence-electron chi connectivity index (χ0n) is 10.3. The number of nitrogens with one attached hydrogen (secondary N) is 1. The summed E-state index contributed by atoms with van der Waals surface area (Å²) in [5.74, 6) is 2.09. The van der Waals surface area contributed by atoms with Crippen molar-refractivity contribution in [3.63, 3.8) is 0 Å². The van der Waals surface area contributed by atoms with Crippen molar-refractivity contribution in [3.05, 3.63) is 11.7 Å². The van der Waals surface area contributed by atoms with Gasteiger partial charge in [-0.3, -0.25) is 0 Å². The maximum atomic E-state index is 5.28. The summed E-state index contributed by atoms with van der Waals surface area (Å²) in [6.45, 7) is 9.34. The van der Waals surface area contributed by atoms with Gasteiger partial charge in [-0.25, -0.2) is 0 Å². The van der Waals surface area contributed by atoms with E-state index >= 15 is 0 Å². The molecular weight excluding hydrogens is 190 g/mol. The van der Waals surface area contributed by atoms with Gasteiger partial charge in [0.25, 0.3) is 0 Å². The number of rotatable bonds is 5. The van der Waals surface area contributed by atoms with Gasteiger partial charge >= 0.3 is 0 Å². The predicted octanol–water partition coefficient (Wildman–Crippen LogP) is 2.11. The van der Waals surface area contributed by atoms with Crippen LogP contribution in [0.5, 0.6) is 0 Å². The van der Waals surface area contributed by atoms with Crippen molar-refractivity contribution in [1.29, 1.82) is 0 Å². The van der Waals surface area contributed by atoms with Crippen LogP contribution in [0.15, 0.2) is 4.52 Å². The zero-order chi connectivity index (χ0) is 11.5. The highest BCUT2D eigenvalue weighted by molar-refractivity contribution is 5.01. The molecule has 0 aliphatic rings. The molecule has 0 saturated carbocycles. The summed E-state index contributed by atoms with van der Waals surface area (Å²) in [7, 11) is 1.87. The highest BCUT2D eigenvalue weighted by Crippen LogP contribution is 2.28. The van der Waals surface area contributed by atoms with Gasteiger partial charge in [0, 0.05) is 5.41 Å². The van der Waals surface area contributed by atoms with Crippen LogP contribution >= 0.6 is 0 Å². The van der Waals surface area contributed by atoms with Gasteiger partial charge in [0.1, 0.15) is 0 Å². The van der Waals surface area contributed by atoms with E-state index < -0.39 is 0 Å². The predicted molar refractivity (Wildman–Crippen MR) is 59.5 cm³/mol. The van der Waals surface area contributed by atoms with Gasteiger partial charge in [-0.15, -0.1) is 0 Å². The summed E-state index contributed by atoms with van der Waals surface area (Å²) in [5.41, 5.74) is -0.0346. The standard InChI is InChI=1S/C11H21N3O/c1-8(2)6-11(3,4)10-13-9(7-12-5)14-15-10/h8,12H,6-7H2,1-5H3. The third-order valence-electron chi connectivity index (χ3n) is 2.30. The SMILES string of the molecule is CNCc1noc(C(C)(C)CC(C)C)n1. The van der Waals surface area contributed by atoms with Crippen LogP contribution in [0.3, 0.4) is 0 Å². The average Bonchev–Trinajstić information content (AvgIpc) is 2.51. The van der Waals surface area contributed by atoms with Crippen LogP contribution in [0.4, 0.5) is 0 Å². The Morgan fingerprint density at radius 2 is 2.07 bits per heavy atom. The normalized spacial score (nSPS) is 12.4. The van der Waals surface area contributed by atoms with Crippen LogP contribution in [0.2, 0.25) is 0 Å². The molecule has 0 aliphatic heterocycles. The monoisotopic (exact) mass is 211 g/mol. The van der Waals surface area contributed by atoms with Gasteiger partial charge in [-0.1, -0.05) is 32.9 Å². The Labute approximate surface area is 91.5 Å². The molecule has 4 nitrogen and oxygen atoms in total. The summed E-state index contributed by atoms with van der Waals surface area (Å²) in [6, 6.07) is 0. The first kappa shape index (κ1) is 12.2. The lowest BCUT2D eigenvalue weighted by Crippen LogP contribution is -2.20. The Morgan fingerprint density at radius 3 is 2.60 bits per heavy atom. The van der Waals surface area contributed by atoms with Crippen molar-refractivity contribution < 1.29 is 4.52 Å². The molecule has 0 saturated heterocycles. The highest BCUT2D eigenvalue weighted by atomic mass is 16.5. The molecule has 0 fully saturated rings. The first-order valence-corrected chi connectivity index (χ1v) is 5.43. The van der Waals surface area contributed by atoms with Crippen molar-refractivity contribution in [2.24, 2.45) is 5.92 Å². The van der Waals surface area contributed by atoms with E-state index in [4.69, 9.17) is 4.52 Å². The minimum Gasteiger partial charge on any atom is -0.339 e. The molecule has 1 rings (SSSR count). The topological polar surface area (TPSA) is 51.0 Å². The average molecular weight is 211 g/mol.